The second kappa shape index (κ2) is 12.1. The van der Waals surface area contributed by atoms with Gasteiger partial charge in [0.1, 0.15) is 11.4 Å². The van der Waals surface area contributed by atoms with Gasteiger partial charge in [-0.3, -0.25) is 14.9 Å². The number of nitro benzene ring substituents is 1. The number of benzene rings is 4. The maximum atomic E-state index is 14.2. The van der Waals surface area contributed by atoms with Crippen molar-refractivity contribution >= 4 is 11.6 Å². The fourth-order valence-corrected chi connectivity index (χ4v) is 4.50. The SMILES string of the molecule is COc1cccc(-c2cc(C(=O)N(CCc3ccccc3)Cc3ccccc3)n(-c3ccc([N+](=O)[O-])cc3)n2)c1. The van der Waals surface area contributed by atoms with E-state index in [2.05, 4.69) is 0 Å². The molecule has 1 amide bonds. The molecule has 5 aromatic rings. The Morgan fingerprint density at radius 2 is 1.55 bits per heavy atom. The Kier molecular flexibility index (Phi) is 7.97. The van der Waals surface area contributed by atoms with Gasteiger partial charge in [0.2, 0.25) is 0 Å². The standard InChI is InChI=1S/C32H28N4O4/c1-40-29-14-8-13-26(21-29)30-22-31(35(33-30)27-15-17-28(18-16-27)36(38)39)32(37)34(23-25-11-6-3-7-12-25)20-19-24-9-4-2-5-10-24/h2-18,21-22H,19-20,23H2,1H3. The van der Waals surface area contributed by atoms with Crippen LogP contribution in [0.1, 0.15) is 21.6 Å². The molecular formula is C32H28N4O4. The molecule has 40 heavy (non-hydrogen) atoms. The van der Waals surface area contributed by atoms with Gasteiger partial charge in [-0.15, -0.1) is 0 Å². The predicted molar refractivity (Wildman–Crippen MR) is 154 cm³/mol. The van der Waals surface area contributed by atoms with E-state index >= 15 is 0 Å². The van der Waals surface area contributed by atoms with Gasteiger partial charge in [0.05, 0.1) is 23.4 Å². The van der Waals surface area contributed by atoms with Crippen molar-refractivity contribution in [1.29, 1.82) is 0 Å². The van der Waals surface area contributed by atoms with Crippen LogP contribution in [-0.4, -0.2) is 39.2 Å². The first-order chi connectivity index (χ1) is 19.5. The largest absolute Gasteiger partial charge is 0.497 e. The lowest BCUT2D eigenvalue weighted by molar-refractivity contribution is -0.384. The molecule has 0 saturated carbocycles. The lowest BCUT2D eigenvalue weighted by Crippen LogP contribution is -2.34. The summed E-state index contributed by atoms with van der Waals surface area (Å²) >= 11 is 0. The Morgan fingerprint density at radius 1 is 0.875 bits per heavy atom. The van der Waals surface area contributed by atoms with E-state index in [4.69, 9.17) is 9.84 Å². The molecule has 0 bridgehead atoms. The zero-order chi connectivity index (χ0) is 27.9. The van der Waals surface area contributed by atoms with Crippen LogP contribution in [0, 0.1) is 10.1 Å². The highest BCUT2D eigenvalue weighted by molar-refractivity contribution is 5.94. The van der Waals surface area contributed by atoms with Crippen LogP contribution in [0.15, 0.2) is 115 Å². The molecule has 1 aromatic heterocycles. The van der Waals surface area contributed by atoms with Crippen molar-refractivity contribution in [2.75, 3.05) is 13.7 Å². The van der Waals surface area contributed by atoms with E-state index in [1.54, 1.807) is 30.0 Å². The lowest BCUT2D eigenvalue weighted by atomic mass is 10.1. The van der Waals surface area contributed by atoms with E-state index in [0.717, 1.165) is 16.7 Å². The number of amides is 1. The van der Waals surface area contributed by atoms with Gasteiger partial charge in [0, 0.05) is 30.8 Å². The second-order valence-electron chi connectivity index (χ2n) is 9.28. The highest BCUT2D eigenvalue weighted by atomic mass is 16.6. The van der Waals surface area contributed by atoms with Gasteiger partial charge < -0.3 is 9.64 Å². The minimum atomic E-state index is -0.453. The fraction of sp³-hybridized carbons (Fsp3) is 0.125. The third-order valence-electron chi connectivity index (χ3n) is 6.62. The Hall–Kier alpha value is -5.24. The molecule has 0 fully saturated rings. The Morgan fingerprint density at radius 3 is 2.20 bits per heavy atom. The topological polar surface area (TPSA) is 90.5 Å². The van der Waals surface area contributed by atoms with E-state index in [1.807, 2.05) is 89.8 Å². The summed E-state index contributed by atoms with van der Waals surface area (Å²) in [5.41, 5.74) is 4.38. The highest BCUT2D eigenvalue weighted by Crippen LogP contribution is 2.27. The zero-order valence-corrected chi connectivity index (χ0v) is 22.0. The zero-order valence-electron chi connectivity index (χ0n) is 22.0. The van der Waals surface area contributed by atoms with Crippen LogP contribution in [0.25, 0.3) is 16.9 Å². The van der Waals surface area contributed by atoms with Gasteiger partial charge in [-0.25, -0.2) is 4.68 Å². The molecule has 0 radical (unpaired) electrons. The number of nitro groups is 1. The summed E-state index contributed by atoms with van der Waals surface area (Å²) in [5, 5.41) is 16.0. The summed E-state index contributed by atoms with van der Waals surface area (Å²) in [5.74, 6) is 0.476. The molecule has 0 aliphatic heterocycles. The van der Waals surface area contributed by atoms with Gasteiger partial charge in [0.15, 0.2) is 0 Å². The van der Waals surface area contributed by atoms with Crippen LogP contribution < -0.4 is 4.74 Å². The molecule has 4 aromatic carbocycles. The molecule has 0 saturated heterocycles. The summed E-state index contributed by atoms with van der Waals surface area (Å²) in [6, 6.07) is 35.1. The molecule has 8 nitrogen and oxygen atoms in total. The summed E-state index contributed by atoms with van der Waals surface area (Å²) < 4.78 is 6.94. The minimum Gasteiger partial charge on any atom is -0.497 e. The van der Waals surface area contributed by atoms with Crippen LogP contribution in [0.3, 0.4) is 0 Å². The van der Waals surface area contributed by atoms with Crippen molar-refractivity contribution in [1.82, 2.24) is 14.7 Å². The van der Waals surface area contributed by atoms with Crippen LogP contribution in [0.4, 0.5) is 5.69 Å². The number of nitrogens with zero attached hydrogens (tertiary/aromatic N) is 4. The smallest absolute Gasteiger partial charge is 0.272 e. The molecule has 0 aliphatic rings. The molecule has 1 heterocycles. The Labute approximate surface area is 232 Å². The number of hydrogen-bond acceptors (Lipinski definition) is 5. The summed E-state index contributed by atoms with van der Waals surface area (Å²) in [4.78, 5) is 26.8. The number of aromatic nitrogens is 2. The summed E-state index contributed by atoms with van der Waals surface area (Å²) in [6.45, 7) is 0.921. The van der Waals surface area contributed by atoms with Gasteiger partial charge in [-0.05, 0) is 47.9 Å². The molecule has 8 heteroatoms. The van der Waals surface area contributed by atoms with Crippen molar-refractivity contribution in [2.45, 2.75) is 13.0 Å². The predicted octanol–water partition coefficient (Wildman–Crippen LogP) is 6.34. The average molecular weight is 533 g/mol. The van der Waals surface area contributed by atoms with Crippen LogP contribution in [-0.2, 0) is 13.0 Å². The first-order valence-electron chi connectivity index (χ1n) is 12.9. The molecular weight excluding hydrogens is 504 g/mol. The van der Waals surface area contributed by atoms with Crippen molar-refractivity contribution in [3.8, 4) is 22.7 Å². The maximum absolute atomic E-state index is 14.2. The number of non-ortho nitro benzene ring substituents is 1. The summed E-state index contributed by atoms with van der Waals surface area (Å²) in [6.07, 6.45) is 0.688. The summed E-state index contributed by atoms with van der Waals surface area (Å²) in [7, 11) is 1.59. The molecule has 200 valence electrons. The third kappa shape index (κ3) is 6.07. The number of carbonyl (C=O) groups excluding carboxylic acids is 1. The number of ether oxygens (including phenoxy) is 1. The molecule has 0 spiro atoms. The number of methoxy groups -OCH3 is 1. The minimum absolute atomic E-state index is 0.0367. The third-order valence-corrected chi connectivity index (χ3v) is 6.62. The first-order valence-corrected chi connectivity index (χ1v) is 12.9. The second-order valence-corrected chi connectivity index (χ2v) is 9.28. The van der Waals surface area contributed by atoms with Crippen molar-refractivity contribution in [3.63, 3.8) is 0 Å². The normalized spacial score (nSPS) is 10.7. The van der Waals surface area contributed by atoms with E-state index in [0.29, 0.717) is 42.3 Å². The molecule has 0 unspecified atom stereocenters. The number of carbonyl (C=O) groups is 1. The molecule has 0 N–H and O–H groups in total. The van der Waals surface area contributed by atoms with E-state index in [-0.39, 0.29) is 11.6 Å². The lowest BCUT2D eigenvalue weighted by Gasteiger charge is -2.23. The van der Waals surface area contributed by atoms with E-state index in [9.17, 15) is 14.9 Å². The average Bonchev–Trinajstić information content (AvgIpc) is 3.46. The van der Waals surface area contributed by atoms with Crippen molar-refractivity contribution in [3.05, 3.63) is 142 Å². The van der Waals surface area contributed by atoms with Gasteiger partial charge in [0.25, 0.3) is 11.6 Å². The first kappa shape index (κ1) is 26.4. The van der Waals surface area contributed by atoms with Crippen LogP contribution in [0.5, 0.6) is 5.75 Å². The van der Waals surface area contributed by atoms with Gasteiger partial charge in [-0.1, -0.05) is 72.8 Å². The quantitative estimate of drug-likeness (QED) is 0.155. The van der Waals surface area contributed by atoms with Crippen LogP contribution >= 0.6 is 0 Å². The van der Waals surface area contributed by atoms with E-state index in [1.165, 1.54) is 12.1 Å². The number of rotatable bonds is 10. The highest BCUT2D eigenvalue weighted by Gasteiger charge is 2.24. The van der Waals surface area contributed by atoms with E-state index < -0.39 is 4.92 Å². The Bertz CT molecular complexity index is 1600. The fourth-order valence-electron chi connectivity index (χ4n) is 4.50. The molecule has 5 rings (SSSR count). The molecule has 0 aliphatic carbocycles. The van der Waals surface area contributed by atoms with Crippen molar-refractivity contribution < 1.29 is 14.5 Å². The maximum Gasteiger partial charge on any atom is 0.272 e. The van der Waals surface area contributed by atoms with Gasteiger partial charge in [-0.2, -0.15) is 5.10 Å². The molecule has 0 atom stereocenters. The number of hydrogen-bond donors (Lipinski definition) is 0. The van der Waals surface area contributed by atoms with Gasteiger partial charge >= 0.3 is 0 Å². The Balaban J connectivity index is 1.56. The monoisotopic (exact) mass is 532 g/mol. The van der Waals surface area contributed by atoms with Crippen molar-refractivity contribution in [2.24, 2.45) is 0 Å². The van der Waals surface area contributed by atoms with Crippen LogP contribution in [0.2, 0.25) is 0 Å².